The van der Waals surface area contributed by atoms with Crippen LogP contribution in [-0.2, 0) is 6.54 Å². The first-order valence-electron chi connectivity index (χ1n) is 9.76. The van der Waals surface area contributed by atoms with E-state index in [-0.39, 0.29) is 24.1 Å². The number of hydrogen-bond acceptors (Lipinski definition) is 2. The first-order valence-corrected chi connectivity index (χ1v) is 9.76. The average molecular weight is 413 g/mol. The highest BCUT2D eigenvalue weighted by molar-refractivity contribution is 6.10. The number of rotatable bonds is 4. The highest BCUT2D eigenvalue weighted by Gasteiger charge is 2.17. The van der Waals surface area contributed by atoms with Gasteiger partial charge in [0.1, 0.15) is 17.3 Å². The molecule has 0 spiro atoms. The normalized spacial score (nSPS) is 11.2. The van der Waals surface area contributed by atoms with Crippen molar-refractivity contribution in [3.8, 4) is 0 Å². The van der Waals surface area contributed by atoms with Crippen LogP contribution in [0.4, 0.5) is 14.5 Å². The fourth-order valence-electron chi connectivity index (χ4n) is 3.84. The highest BCUT2D eigenvalue weighted by atomic mass is 19.1. The Hall–Kier alpha value is -4.06. The molecule has 2 aromatic heterocycles. The Morgan fingerprint density at radius 1 is 0.903 bits per heavy atom. The molecule has 0 radical (unpaired) electrons. The van der Waals surface area contributed by atoms with E-state index in [1.165, 1.54) is 24.3 Å². The molecular formula is C25H17F2N3O. The maximum absolute atomic E-state index is 13.8. The second-order valence-corrected chi connectivity index (χ2v) is 7.31. The molecule has 5 rings (SSSR count). The Kier molecular flexibility index (Phi) is 4.67. The van der Waals surface area contributed by atoms with Gasteiger partial charge in [-0.1, -0.05) is 24.3 Å². The smallest absolute Gasteiger partial charge is 0.272 e. The maximum atomic E-state index is 13.8. The first kappa shape index (κ1) is 18.9. The van der Waals surface area contributed by atoms with Gasteiger partial charge in [0, 0.05) is 46.3 Å². The largest absolute Gasteiger partial charge is 0.332 e. The number of amides is 1. The molecule has 31 heavy (non-hydrogen) atoms. The number of benzene rings is 3. The number of aromatic nitrogens is 2. The highest BCUT2D eigenvalue weighted by Crippen LogP contribution is 2.26. The number of carbonyl (C=O) groups excluding carboxylic acids is 1. The number of nitrogens with zero attached hydrogens (tertiary/aromatic N) is 2. The number of fused-ring (bicyclic) bond motifs is 2. The summed E-state index contributed by atoms with van der Waals surface area (Å²) in [6, 6.07) is 19.6. The summed E-state index contributed by atoms with van der Waals surface area (Å²) in [5.74, 6) is -1.07. The molecule has 0 aliphatic rings. The van der Waals surface area contributed by atoms with Crippen LogP contribution < -0.4 is 5.32 Å². The zero-order chi connectivity index (χ0) is 21.4. The summed E-state index contributed by atoms with van der Waals surface area (Å²) in [4.78, 5) is 17.4. The van der Waals surface area contributed by atoms with E-state index in [1.807, 2.05) is 24.3 Å². The van der Waals surface area contributed by atoms with Crippen molar-refractivity contribution < 1.29 is 13.6 Å². The number of anilines is 1. The van der Waals surface area contributed by atoms with Gasteiger partial charge in [-0.3, -0.25) is 9.78 Å². The van der Waals surface area contributed by atoms with Gasteiger partial charge < -0.3 is 9.88 Å². The van der Waals surface area contributed by atoms with Crippen LogP contribution in [0.3, 0.4) is 0 Å². The summed E-state index contributed by atoms with van der Waals surface area (Å²) >= 11 is 0. The van der Waals surface area contributed by atoms with Crippen molar-refractivity contribution >= 4 is 33.3 Å². The molecule has 0 aliphatic heterocycles. The molecule has 0 unspecified atom stereocenters. The van der Waals surface area contributed by atoms with Crippen LogP contribution in [0.25, 0.3) is 21.7 Å². The van der Waals surface area contributed by atoms with Gasteiger partial charge in [-0.2, -0.15) is 0 Å². The minimum Gasteiger partial charge on any atom is -0.332 e. The van der Waals surface area contributed by atoms with Crippen LogP contribution >= 0.6 is 0 Å². The Labute approximate surface area is 176 Å². The van der Waals surface area contributed by atoms with Crippen LogP contribution in [0.15, 0.2) is 85.2 Å². The van der Waals surface area contributed by atoms with Gasteiger partial charge in [0.2, 0.25) is 0 Å². The van der Waals surface area contributed by atoms with E-state index in [9.17, 15) is 13.6 Å². The maximum Gasteiger partial charge on any atom is 0.272 e. The van der Waals surface area contributed by atoms with Gasteiger partial charge in [-0.15, -0.1) is 0 Å². The van der Waals surface area contributed by atoms with Gasteiger partial charge in [-0.05, 0) is 54.1 Å². The average Bonchev–Trinajstić information content (AvgIpc) is 3.11. The molecular weight excluding hydrogens is 396 g/mol. The predicted octanol–water partition coefficient (Wildman–Crippen LogP) is 5.77. The molecule has 152 valence electrons. The van der Waals surface area contributed by atoms with E-state index in [1.54, 1.807) is 41.2 Å². The van der Waals surface area contributed by atoms with Crippen LogP contribution in [0.1, 0.15) is 16.1 Å². The number of carbonyl (C=O) groups is 1. The lowest BCUT2D eigenvalue weighted by atomic mass is 10.1. The third-order valence-electron chi connectivity index (χ3n) is 5.25. The van der Waals surface area contributed by atoms with E-state index in [2.05, 4.69) is 10.3 Å². The molecule has 0 bridgehead atoms. The lowest BCUT2D eigenvalue weighted by Crippen LogP contribution is -2.17. The first-order chi connectivity index (χ1) is 15.1. The van der Waals surface area contributed by atoms with Crippen molar-refractivity contribution in [2.24, 2.45) is 0 Å². The number of halogens is 2. The van der Waals surface area contributed by atoms with Crippen molar-refractivity contribution in [3.63, 3.8) is 0 Å². The van der Waals surface area contributed by atoms with Crippen molar-refractivity contribution in [2.45, 2.75) is 6.54 Å². The van der Waals surface area contributed by atoms with Gasteiger partial charge in [-0.25, -0.2) is 8.78 Å². The second kappa shape index (κ2) is 7.65. The Morgan fingerprint density at radius 3 is 2.61 bits per heavy atom. The zero-order valence-corrected chi connectivity index (χ0v) is 16.3. The minimum absolute atomic E-state index is 0.273. The van der Waals surface area contributed by atoms with E-state index in [4.69, 9.17) is 0 Å². The van der Waals surface area contributed by atoms with Gasteiger partial charge in [0.25, 0.3) is 5.91 Å². The number of hydrogen-bond donors (Lipinski definition) is 1. The monoisotopic (exact) mass is 413 g/mol. The topological polar surface area (TPSA) is 46.9 Å². The molecule has 0 fully saturated rings. The summed E-state index contributed by atoms with van der Waals surface area (Å²) in [6.07, 6.45) is 3.40. The number of pyridine rings is 1. The molecule has 1 amide bonds. The molecule has 0 aliphatic carbocycles. The zero-order valence-electron chi connectivity index (χ0n) is 16.3. The van der Waals surface area contributed by atoms with Crippen LogP contribution in [0.2, 0.25) is 0 Å². The van der Waals surface area contributed by atoms with Crippen molar-refractivity contribution in [1.29, 1.82) is 0 Å². The van der Waals surface area contributed by atoms with Crippen LogP contribution in [-0.4, -0.2) is 15.5 Å². The Morgan fingerprint density at radius 2 is 1.74 bits per heavy atom. The summed E-state index contributed by atoms with van der Waals surface area (Å²) < 4.78 is 29.3. The Bertz CT molecular complexity index is 1440. The summed E-state index contributed by atoms with van der Waals surface area (Å²) in [7, 11) is 0. The van der Waals surface area contributed by atoms with Gasteiger partial charge >= 0.3 is 0 Å². The summed E-state index contributed by atoms with van der Waals surface area (Å²) in [6.45, 7) is 0.273. The van der Waals surface area contributed by atoms with Crippen LogP contribution in [0, 0.1) is 11.6 Å². The molecule has 0 saturated carbocycles. The van der Waals surface area contributed by atoms with Crippen molar-refractivity contribution in [3.05, 3.63) is 108 Å². The molecule has 2 heterocycles. The fourth-order valence-corrected chi connectivity index (χ4v) is 3.84. The van der Waals surface area contributed by atoms with E-state index in [0.29, 0.717) is 27.8 Å². The fraction of sp³-hybridized carbons (Fsp3) is 0.0400. The van der Waals surface area contributed by atoms with Gasteiger partial charge in [0.05, 0.1) is 0 Å². The van der Waals surface area contributed by atoms with Crippen molar-refractivity contribution in [2.75, 3.05) is 5.32 Å². The quantitative estimate of drug-likeness (QED) is 0.407. The number of nitrogens with one attached hydrogen (secondary N) is 1. The minimum atomic E-state index is -0.385. The SMILES string of the molecule is O=C(Nc1cccc2cnccc12)c1cc2cc(F)ccc2n1Cc1cccc(F)c1. The van der Waals surface area contributed by atoms with E-state index >= 15 is 0 Å². The lowest BCUT2D eigenvalue weighted by molar-refractivity contribution is 0.101. The lowest BCUT2D eigenvalue weighted by Gasteiger charge is -2.13. The molecule has 0 atom stereocenters. The molecule has 4 nitrogen and oxygen atoms in total. The molecule has 5 aromatic rings. The standard InChI is InChI=1S/C25H17F2N3O/c26-19-5-1-3-16(11-19)15-30-23-8-7-20(27)12-18(23)13-24(30)25(31)29-22-6-2-4-17-14-28-10-9-21(17)22/h1-14H,15H2,(H,29,31). The Balaban J connectivity index is 1.58. The summed E-state index contributed by atoms with van der Waals surface area (Å²) in [5, 5.41) is 5.33. The predicted molar refractivity (Wildman–Crippen MR) is 117 cm³/mol. The van der Waals surface area contributed by atoms with Gasteiger partial charge in [0.15, 0.2) is 0 Å². The third kappa shape index (κ3) is 3.64. The summed E-state index contributed by atoms with van der Waals surface area (Å²) in [5.41, 5.74) is 2.40. The molecule has 1 N–H and O–H groups in total. The van der Waals surface area contributed by atoms with Crippen LogP contribution in [0.5, 0.6) is 0 Å². The van der Waals surface area contributed by atoms with Crippen molar-refractivity contribution in [1.82, 2.24) is 9.55 Å². The molecule has 3 aromatic carbocycles. The van der Waals surface area contributed by atoms with E-state index < -0.39 is 0 Å². The second-order valence-electron chi connectivity index (χ2n) is 7.31. The third-order valence-corrected chi connectivity index (χ3v) is 5.25. The van der Waals surface area contributed by atoms with E-state index in [0.717, 1.165) is 10.8 Å². The molecule has 6 heteroatoms. The molecule has 0 saturated heterocycles.